The Balaban J connectivity index is 1.56. The number of nitrogens with one attached hydrogen (secondary N) is 1. The summed E-state index contributed by atoms with van der Waals surface area (Å²) in [7, 11) is 0. The summed E-state index contributed by atoms with van der Waals surface area (Å²) in [6.45, 7) is 6.16. The lowest BCUT2D eigenvalue weighted by molar-refractivity contribution is 0.112. The van der Waals surface area contributed by atoms with Crippen LogP contribution in [0.5, 0.6) is 0 Å². The summed E-state index contributed by atoms with van der Waals surface area (Å²) < 4.78 is 0. The topological polar surface area (TPSA) is 15.3 Å². The van der Waals surface area contributed by atoms with Gasteiger partial charge >= 0.3 is 0 Å². The largest absolute Gasteiger partial charge is 0.311 e. The average Bonchev–Trinajstić information content (AvgIpc) is 2.97. The SMILES string of the molecule is CCSC1CCCC1N1CCNC(C2CCCCC2)C1. The minimum absolute atomic E-state index is 0.789. The maximum Gasteiger partial charge on any atom is 0.0223 e. The molecule has 0 spiro atoms. The second-order valence-electron chi connectivity index (χ2n) is 6.95. The molecule has 3 unspecified atom stereocenters. The molecule has 2 nitrogen and oxygen atoms in total. The van der Waals surface area contributed by atoms with Crippen LogP contribution in [0.3, 0.4) is 0 Å². The highest BCUT2D eigenvalue weighted by Crippen LogP contribution is 2.35. The molecule has 3 aliphatic rings. The fraction of sp³-hybridized carbons (Fsp3) is 1.00. The third-order valence-corrected chi connectivity index (χ3v) is 7.03. The number of nitrogens with zero attached hydrogens (tertiary/aromatic N) is 1. The van der Waals surface area contributed by atoms with Crippen molar-refractivity contribution in [3.05, 3.63) is 0 Å². The standard InChI is InChI=1S/C17H32N2S/c1-2-20-17-10-6-9-16(17)19-12-11-18-15(13-19)14-7-4-3-5-8-14/h14-18H,2-13H2,1H3. The van der Waals surface area contributed by atoms with Crippen LogP contribution in [0.4, 0.5) is 0 Å². The fourth-order valence-corrected chi connectivity index (χ4v) is 5.98. The molecule has 3 fully saturated rings. The van der Waals surface area contributed by atoms with Gasteiger partial charge in [-0.25, -0.2) is 0 Å². The van der Waals surface area contributed by atoms with Gasteiger partial charge in [-0.2, -0.15) is 11.8 Å². The predicted octanol–water partition coefficient (Wildman–Crippen LogP) is 3.51. The summed E-state index contributed by atoms with van der Waals surface area (Å²) in [5.74, 6) is 2.25. The number of piperazine rings is 1. The second-order valence-corrected chi connectivity index (χ2v) is 8.46. The van der Waals surface area contributed by atoms with Gasteiger partial charge in [-0.3, -0.25) is 4.90 Å². The van der Waals surface area contributed by atoms with Crippen LogP contribution in [0, 0.1) is 5.92 Å². The average molecular weight is 297 g/mol. The highest BCUT2D eigenvalue weighted by molar-refractivity contribution is 7.99. The maximum atomic E-state index is 3.84. The quantitative estimate of drug-likeness (QED) is 0.854. The maximum absolute atomic E-state index is 3.84. The molecule has 1 heterocycles. The van der Waals surface area contributed by atoms with Gasteiger partial charge in [0, 0.05) is 37.0 Å². The first-order valence-electron chi connectivity index (χ1n) is 8.97. The number of rotatable bonds is 4. The van der Waals surface area contributed by atoms with Crippen molar-refractivity contribution in [2.45, 2.75) is 75.6 Å². The first-order chi connectivity index (χ1) is 9.88. The molecule has 1 aliphatic heterocycles. The summed E-state index contributed by atoms with van der Waals surface area (Å²) in [6, 6.07) is 1.67. The normalized spacial score (nSPS) is 37.4. The van der Waals surface area contributed by atoms with Crippen molar-refractivity contribution in [1.29, 1.82) is 0 Å². The van der Waals surface area contributed by atoms with E-state index in [-0.39, 0.29) is 0 Å². The molecule has 0 amide bonds. The smallest absolute Gasteiger partial charge is 0.0223 e. The molecule has 0 aromatic rings. The van der Waals surface area contributed by atoms with E-state index in [1.54, 1.807) is 0 Å². The molecule has 1 N–H and O–H groups in total. The number of hydrogen-bond donors (Lipinski definition) is 1. The Kier molecular flexibility index (Phi) is 5.70. The van der Waals surface area contributed by atoms with Gasteiger partial charge in [-0.15, -0.1) is 0 Å². The summed E-state index contributed by atoms with van der Waals surface area (Å²) >= 11 is 2.22. The monoisotopic (exact) mass is 296 g/mol. The summed E-state index contributed by atoms with van der Waals surface area (Å²) in [5, 5.41) is 4.76. The van der Waals surface area contributed by atoms with Crippen molar-refractivity contribution in [3.63, 3.8) is 0 Å². The highest BCUT2D eigenvalue weighted by Gasteiger charge is 2.36. The molecular formula is C17H32N2S. The van der Waals surface area contributed by atoms with E-state index in [1.165, 1.54) is 76.8 Å². The highest BCUT2D eigenvalue weighted by atomic mass is 32.2. The Hall–Kier alpha value is 0.270. The third-order valence-electron chi connectivity index (χ3n) is 5.72. The van der Waals surface area contributed by atoms with Crippen molar-refractivity contribution in [3.8, 4) is 0 Å². The van der Waals surface area contributed by atoms with E-state index in [4.69, 9.17) is 0 Å². The van der Waals surface area contributed by atoms with Crippen LogP contribution >= 0.6 is 11.8 Å². The van der Waals surface area contributed by atoms with Crippen LogP contribution < -0.4 is 5.32 Å². The zero-order valence-corrected chi connectivity index (χ0v) is 14.0. The molecule has 3 rings (SSSR count). The molecule has 20 heavy (non-hydrogen) atoms. The van der Waals surface area contributed by atoms with Gasteiger partial charge in [0.05, 0.1) is 0 Å². The van der Waals surface area contributed by atoms with E-state index in [2.05, 4.69) is 28.9 Å². The zero-order valence-electron chi connectivity index (χ0n) is 13.2. The minimum atomic E-state index is 0.789. The van der Waals surface area contributed by atoms with Crippen LogP contribution in [0.15, 0.2) is 0 Å². The van der Waals surface area contributed by atoms with Crippen LogP contribution in [-0.2, 0) is 0 Å². The molecule has 2 saturated carbocycles. The molecule has 0 aromatic carbocycles. The van der Waals surface area contributed by atoms with E-state index >= 15 is 0 Å². The molecule has 3 heteroatoms. The molecule has 0 bridgehead atoms. The van der Waals surface area contributed by atoms with Crippen molar-refractivity contribution in [2.24, 2.45) is 5.92 Å². The van der Waals surface area contributed by atoms with E-state index < -0.39 is 0 Å². The zero-order chi connectivity index (χ0) is 13.8. The van der Waals surface area contributed by atoms with Crippen molar-refractivity contribution >= 4 is 11.8 Å². The van der Waals surface area contributed by atoms with Crippen LogP contribution in [-0.4, -0.2) is 47.6 Å². The van der Waals surface area contributed by atoms with Crippen molar-refractivity contribution < 1.29 is 0 Å². The molecule has 0 aromatic heterocycles. The van der Waals surface area contributed by atoms with E-state index in [1.807, 2.05) is 0 Å². The van der Waals surface area contributed by atoms with Gasteiger partial charge in [-0.1, -0.05) is 32.6 Å². The Morgan fingerprint density at radius 1 is 1.05 bits per heavy atom. The first kappa shape index (κ1) is 15.2. The summed E-state index contributed by atoms with van der Waals surface area (Å²) in [6.07, 6.45) is 11.7. The Morgan fingerprint density at radius 3 is 2.70 bits per heavy atom. The number of thioether (sulfide) groups is 1. The van der Waals surface area contributed by atoms with Gasteiger partial charge < -0.3 is 5.32 Å². The van der Waals surface area contributed by atoms with Gasteiger partial charge in [0.25, 0.3) is 0 Å². The van der Waals surface area contributed by atoms with Crippen LogP contribution in [0.25, 0.3) is 0 Å². The predicted molar refractivity (Wildman–Crippen MR) is 89.5 cm³/mol. The summed E-state index contributed by atoms with van der Waals surface area (Å²) in [5.41, 5.74) is 0. The second kappa shape index (κ2) is 7.51. The van der Waals surface area contributed by atoms with Crippen LogP contribution in [0.2, 0.25) is 0 Å². The molecule has 2 aliphatic carbocycles. The lowest BCUT2D eigenvalue weighted by Gasteiger charge is -2.43. The fourth-order valence-electron chi connectivity index (χ4n) is 4.69. The van der Waals surface area contributed by atoms with E-state index in [0.717, 1.165) is 23.3 Å². The molecule has 116 valence electrons. The van der Waals surface area contributed by atoms with Gasteiger partial charge in [0.1, 0.15) is 0 Å². The lowest BCUT2D eigenvalue weighted by atomic mass is 9.83. The Labute approximate surface area is 129 Å². The third kappa shape index (κ3) is 3.53. The van der Waals surface area contributed by atoms with Gasteiger partial charge in [0.15, 0.2) is 0 Å². The Morgan fingerprint density at radius 2 is 1.90 bits per heavy atom. The van der Waals surface area contributed by atoms with Crippen molar-refractivity contribution in [2.75, 3.05) is 25.4 Å². The minimum Gasteiger partial charge on any atom is -0.311 e. The van der Waals surface area contributed by atoms with E-state index in [9.17, 15) is 0 Å². The Bertz CT molecular complexity index is 291. The first-order valence-corrected chi connectivity index (χ1v) is 10.0. The van der Waals surface area contributed by atoms with Gasteiger partial charge in [0.2, 0.25) is 0 Å². The van der Waals surface area contributed by atoms with Gasteiger partial charge in [-0.05, 0) is 37.4 Å². The van der Waals surface area contributed by atoms with E-state index in [0.29, 0.717) is 0 Å². The lowest BCUT2D eigenvalue weighted by Crippen LogP contribution is -2.57. The molecule has 3 atom stereocenters. The van der Waals surface area contributed by atoms with Crippen molar-refractivity contribution in [1.82, 2.24) is 10.2 Å². The summed E-state index contributed by atoms with van der Waals surface area (Å²) in [4.78, 5) is 2.86. The van der Waals surface area contributed by atoms with Crippen LogP contribution in [0.1, 0.15) is 58.3 Å². The molecular weight excluding hydrogens is 264 g/mol. The molecule has 0 radical (unpaired) electrons. The number of hydrogen-bond acceptors (Lipinski definition) is 3. The molecule has 1 saturated heterocycles.